The van der Waals surface area contributed by atoms with Crippen molar-refractivity contribution < 1.29 is 57.6 Å². The fourth-order valence-electron chi connectivity index (χ4n) is 3.67. The summed E-state index contributed by atoms with van der Waals surface area (Å²) < 4.78 is 0. The highest BCUT2D eigenvalue weighted by atomic mass is 16.7. The topological polar surface area (TPSA) is 244 Å². The molecule has 8 amide bonds. The maximum absolute atomic E-state index is 13.1. The van der Waals surface area contributed by atoms with Gasteiger partial charge in [-0.05, 0) is 12.8 Å². The zero-order valence-corrected chi connectivity index (χ0v) is 23.9. The van der Waals surface area contributed by atoms with Gasteiger partial charge in [-0.25, -0.2) is 9.59 Å². The molecule has 2 atom stereocenters. The van der Waals surface area contributed by atoms with Crippen LogP contribution in [0.15, 0.2) is 24.3 Å². The first-order valence-corrected chi connectivity index (χ1v) is 13.5. The molecule has 2 rings (SSSR count). The zero-order chi connectivity index (χ0) is 32.8. The largest absolute Gasteiger partial charge is 0.342 e. The van der Waals surface area contributed by atoms with E-state index in [4.69, 9.17) is 0 Å². The monoisotopic (exact) mass is 620 g/mol. The molecule has 0 bridgehead atoms. The molecule has 4 N–H and O–H groups in total. The highest BCUT2D eigenvalue weighted by Crippen LogP contribution is 2.07. The summed E-state index contributed by atoms with van der Waals surface area (Å²) >= 11 is 0. The van der Waals surface area contributed by atoms with Gasteiger partial charge in [-0.15, -0.1) is 0 Å². The molecule has 0 aromatic rings. The third-order valence-corrected chi connectivity index (χ3v) is 5.90. The summed E-state index contributed by atoms with van der Waals surface area (Å²) in [5.74, 6) is -8.99. The highest BCUT2D eigenvalue weighted by Gasteiger charge is 2.38. The molecular formula is C26H32N6O12. The van der Waals surface area contributed by atoms with Crippen LogP contribution in [0, 0.1) is 0 Å². The van der Waals surface area contributed by atoms with Gasteiger partial charge in [0.1, 0.15) is 12.1 Å². The molecule has 0 aliphatic carbocycles. The number of rotatable bonds is 15. The lowest BCUT2D eigenvalue weighted by Gasteiger charge is -2.27. The Morgan fingerprint density at radius 3 is 1.20 bits per heavy atom. The van der Waals surface area contributed by atoms with Crippen LogP contribution in [0.5, 0.6) is 0 Å². The summed E-state index contributed by atoms with van der Waals surface area (Å²) in [4.78, 5) is 133. The van der Waals surface area contributed by atoms with E-state index in [9.17, 15) is 47.9 Å². The van der Waals surface area contributed by atoms with E-state index in [-0.39, 0.29) is 12.8 Å². The molecule has 44 heavy (non-hydrogen) atoms. The average Bonchev–Trinajstić information content (AvgIpc) is 3.48. The van der Waals surface area contributed by atoms with E-state index in [1.807, 2.05) is 0 Å². The Morgan fingerprint density at radius 2 is 0.909 bits per heavy atom. The second-order valence-electron chi connectivity index (χ2n) is 9.29. The van der Waals surface area contributed by atoms with Crippen molar-refractivity contribution in [2.75, 3.05) is 13.1 Å². The molecule has 0 radical (unpaired) electrons. The minimum Gasteiger partial charge on any atom is -0.342 e. The van der Waals surface area contributed by atoms with Crippen LogP contribution in [0.1, 0.15) is 52.4 Å². The van der Waals surface area contributed by atoms with Gasteiger partial charge in [0.15, 0.2) is 0 Å². The van der Waals surface area contributed by atoms with E-state index >= 15 is 0 Å². The predicted octanol–water partition coefficient (Wildman–Crippen LogP) is -2.66. The van der Waals surface area contributed by atoms with Gasteiger partial charge in [-0.2, -0.15) is 11.0 Å². The van der Waals surface area contributed by atoms with Crippen LogP contribution in [-0.4, -0.2) is 94.2 Å². The van der Waals surface area contributed by atoms with Gasteiger partial charge in [0.2, 0.25) is 11.8 Å². The number of nitrogens with one attached hydrogen (secondary N) is 4. The molecule has 0 fully saturated rings. The number of hydrogen-bond acceptors (Lipinski definition) is 12. The molecule has 18 nitrogen and oxygen atoms in total. The van der Waals surface area contributed by atoms with Crippen molar-refractivity contribution in [1.82, 2.24) is 31.4 Å². The normalized spacial score (nSPS) is 15.1. The third kappa shape index (κ3) is 10.4. The van der Waals surface area contributed by atoms with Crippen LogP contribution in [-0.2, 0) is 57.6 Å². The van der Waals surface area contributed by atoms with Gasteiger partial charge in [-0.1, -0.05) is 13.8 Å². The van der Waals surface area contributed by atoms with E-state index in [1.165, 1.54) is 0 Å². The Hall–Kier alpha value is -5.42. The smallest absolute Gasteiger partial charge is 0.332 e. The summed E-state index contributed by atoms with van der Waals surface area (Å²) in [7, 11) is 0. The van der Waals surface area contributed by atoms with Crippen molar-refractivity contribution in [2.45, 2.75) is 64.5 Å². The van der Waals surface area contributed by atoms with Crippen molar-refractivity contribution in [2.24, 2.45) is 0 Å². The van der Waals surface area contributed by atoms with Crippen molar-refractivity contribution in [3.63, 3.8) is 0 Å². The Bertz CT molecular complexity index is 1140. The van der Waals surface area contributed by atoms with Gasteiger partial charge >= 0.3 is 11.9 Å². The van der Waals surface area contributed by atoms with E-state index in [1.54, 1.807) is 24.8 Å². The molecule has 0 aromatic heterocycles. The van der Waals surface area contributed by atoms with Crippen LogP contribution in [0.2, 0.25) is 0 Å². The van der Waals surface area contributed by atoms with E-state index in [0.29, 0.717) is 12.8 Å². The highest BCUT2D eigenvalue weighted by molar-refractivity contribution is 6.13. The Kier molecular flexibility index (Phi) is 13.3. The van der Waals surface area contributed by atoms with E-state index < -0.39 is 97.2 Å². The fourth-order valence-corrected chi connectivity index (χ4v) is 3.67. The number of imide groups is 2. The van der Waals surface area contributed by atoms with Crippen molar-refractivity contribution in [1.29, 1.82) is 0 Å². The van der Waals surface area contributed by atoms with Gasteiger partial charge in [-0.3, -0.25) is 48.2 Å². The van der Waals surface area contributed by atoms with Crippen molar-refractivity contribution >= 4 is 59.2 Å². The van der Waals surface area contributed by atoms with Gasteiger partial charge in [0, 0.05) is 63.1 Å². The SMILES string of the molecule is CCCC(=O)ONC(=O)[C@@H](NC(=O)CCN1C(=O)C=CC1=O)[C@@H](NC(=O)CCN1C(=O)C=CC1=O)C(=O)NOC(=O)CCC. The molecule has 238 valence electrons. The molecule has 2 aliphatic heterocycles. The maximum atomic E-state index is 13.1. The predicted molar refractivity (Wildman–Crippen MR) is 143 cm³/mol. The van der Waals surface area contributed by atoms with Gasteiger partial charge < -0.3 is 20.3 Å². The third-order valence-electron chi connectivity index (χ3n) is 5.90. The molecule has 2 aliphatic rings. The first kappa shape index (κ1) is 34.8. The van der Waals surface area contributed by atoms with Gasteiger partial charge in [0.05, 0.1) is 0 Å². The van der Waals surface area contributed by atoms with Crippen LogP contribution in [0.4, 0.5) is 0 Å². The molecule has 0 saturated heterocycles. The van der Waals surface area contributed by atoms with Crippen LogP contribution >= 0.6 is 0 Å². The second kappa shape index (κ2) is 16.9. The Labute approximate surface area is 250 Å². The molecule has 0 aromatic carbocycles. The maximum Gasteiger partial charge on any atom is 0.332 e. The lowest BCUT2D eigenvalue weighted by atomic mass is 10.1. The number of hydrogen-bond donors (Lipinski definition) is 4. The van der Waals surface area contributed by atoms with Crippen LogP contribution in [0.3, 0.4) is 0 Å². The summed E-state index contributed by atoms with van der Waals surface area (Å²) in [6.07, 6.45) is 3.43. The lowest BCUT2D eigenvalue weighted by Crippen LogP contribution is -2.64. The second-order valence-corrected chi connectivity index (χ2v) is 9.29. The molecular weight excluding hydrogens is 588 g/mol. The number of nitrogens with zero attached hydrogens (tertiary/aromatic N) is 2. The van der Waals surface area contributed by atoms with E-state index in [0.717, 1.165) is 34.1 Å². The van der Waals surface area contributed by atoms with Crippen molar-refractivity contribution in [3.8, 4) is 0 Å². The summed E-state index contributed by atoms with van der Waals surface area (Å²) in [5.41, 5.74) is 3.58. The summed E-state index contributed by atoms with van der Waals surface area (Å²) in [5, 5.41) is 4.36. The molecule has 0 unspecified atom stereocenters. The first-order chi connectivity index (χ1) is 20.9. The first-order valence-electron chi connectivity index (χ1n) is 13.5. The summed E-state index contributed by atoms with van der Waals surface area (Å²) in [6.45, 7) is 2.51. The van der Waals surface area contributed by atoms with E-state index in [2.05, 4.69) is 20.3 Å². The average molecular weight is 621 g/mol. The Morgan fingerprint density at radius 1 is 0.591 bits per heavy atom. The number of hydroxylamine groups is 2. The minimum atomic E-state index is -2.02. The zero-order valence-electron chi connectivity index (χ0n) is 23.9. The Balaban J connectivity index is 2.26. The number of amides is 8. The molecule has 18 heteroatoms. The number of carbonyl (C=O) groups is 10. The molecule has 0 saturated carbocycles. The number of carbonyl (C=O) groups excluding carboxylic acids is 10. The van der Waals surface area contributed by atoms with Crippen LogP contribution in [0.25, 0.3) is 0 Å². The molecule has 0 spiro atoms. The summed E-state index contributed by atoms with van der Waals surface area (Å²) in [6, 6.07) is -4.05. The fraction of sp³-hybridized carbons (Fsp3) is 0.462. The molecule has 2 heterocycles. The van der Waals surface area contributed by atoms with Crippen molar-refractivity contribution in [3.05, 3.63) is 24.3 Å². The van der Waals surface area contributed by atoms with Crippen LogP contribution < -0.4 is 21.6 Å². The lowest BCUT2D eigenvalue weighted by molar-refractivity contribution is -0.162. The quantitative estimate of drug-likeness (QED) is 0.108. The minimum absolute atomic E-state index is 0.0972. The standard InChI is InChI=1S/C26H32N6O12/c1-3-5-21(39)43-29-25(41)23(27-15(33)11-13-31-17(35)7-8-18(31)36)24(26(42)30-44-22(40)6-4-2)28-16(34)12-14-32-19(37)9-10-20(32)38/h7-10,23-24H,3-6,11-14H2,1-2H3,(H,27,33)(H,28,34)(H,29,41)(H,30,42)/t23-,24+. The van der Waals surface area contributed by atoms with Gasteiger partial charge in [0.25, 0.3) is 35.4 Å².